The van der Waals surface area contributed by atoms with E-state index < -0.39 is 11.7 Å². The number of nitrogens with one attached hydrogen (secondary N) is 2. The molecule has 5 aromatic rings. The van der Waals surface area contributed by atoms with E-state index in [-0.39, 0.29) is 5.43 Å². The van der Waals surface area contributed by atoms with Gasteiger partial charge in [0.05, 0.1) is 46.3 Å². The number of aromatic amines is 2. The number of amides is 1. The van der Waals surface area contributed by atoms with Crippen LogP contribution in [0.4, 0.5) is 4.79 Å². The third kappa shape index (κ3) is 5.01. The molecular formula is C33H34N6O4. The first-order chi connectivity index (χ1) is 20.6. The second-order valence-corrected chi connectivity index (χ2v) is 12.3. The van der Waals surface area contributed by atoms with Gasteiger partial charge in [0, 0.05) is 17.7 Å². The number of hydrogen-bond donors (Lipinski definition) is 2. The number of H-pyrrole nitrogens is 2. The molecule has 0 spiro atoms. The van der Waals surface area contributed by atoms with Gasteiger partial charge in [0.15, 0.2) is 5.82 Å². The molecule has 43 heavy (non-hydrogen) atoms. The fourth-order valence-corrected chi connectivity index (χ4v) is 5.99. The molecule has 1 saturated heterocycles. The van der Waals surface area contributed by atoms with Gasteiger partial charge in [-0.05, 0) is 84.0 Å². The van der Waals surface area contributed by atoms with Gasteiger partial charge in [-0.2, -0.15) is 0 Å². The molecule has 1 amide bonds. The van der Waals surface area contributed by atoms with Crippen molar-refractivity contribution in [2.75, 3.05) is 20.1 Å². The summed E-state index contributed by atoms with van der Waals surface area (Å²) in [7, 11) is 2.12. The molecule has 2 aromatic carbocycles. The summed E-state index contributed by atoms with van der Waals surface area (Å²) in [5.41, 5.74) is 4.35. The maximum atomic E-state index is 13.6. The van der Waals surface area contributed by atoms with Gasteiger partial charge in [-0.25, -0.2) is 14.8 Å². The summed E-state index contributed by atoms with van der Waals surface area (Å²) in [6.07, 6.45) is 8.10. The van der Waals surface area contributed by atoms with Crippen molar-refractivity contribution in [1.29, 1.82) is 0 Å². The fourth-order valence-electron chi connectivity index (χ4n) is 5.99. The summed E-state index contributed by atoms with van der Waals surface area (Å²) in [6.45, 7) is 7.15. The van der Waals surface area contributed by atoms with Gasteiger partial charge in [-0.15, -0.1) is 0 Å². The Morgan fingerprint density at radius 2 is 1.74 bits per heavy atom. The summed E-state index contributed by atoms with van der Waals surface area (Å²) in [6, 6.07) is 11.5. The third-order valence-electron chi connectivity index (χ3n) is 8.14. The van der Waals surface area contributed by atoms with E-state index >= 15 is 0 Å². The number of rotatable bonds is 4. The van der Waals surface area contributed by atoms with E-state index in [4.69, 9.17) is 9.15 Å². The molecule has 10 heteroatoms. The molecule has 5 heterocycles. The van der Waals surface area contributed by atoms with Crippen LogP contribution in [-0.2, 0) is 4.74 Å². The minimum Gasteiger partial charge on any atom is -0.456 e. The van der Waals surface area contributed by atoms with Crippen molar-refractivity contribution in [2.45, 2.75) is 51.7 Å². The Bertz CT molecular complexity index is 1960. The number of hydrogen-bond acceptors (Lipinski definition) is 7. The molecule has 0 saturated carbocycles. The second-order valence-electron chi connectivity index (χ2n) is 12.3. The van der Waals surface area contributed by atoms with Crippen LogP contribution in [0, 0.1) is 0 Å². The summed E-state index contributed by atoms with van der Waals surface area (Å²) < 4.78 is 11.8. The van der Waals surface area contributed by atoms with E-state index in [1.807, 2.05) is 63.4 Å². The molecule has 0 radical (unpaired) electrons. The Kier molecular flexibility index (Phi) is 6.46. The lowest BCUT2D eigenvalue weighted by molar-refractivity contribution is 0.0364. The summed E-state index contributed by atoms with van der Waals surface area (Å²) in [5, 5.41) is 1.02. The van der Waals surface area contributed by atoms with E-state index in [0.717, 1.165) is 54.1 Å². The first-order valence-corrected chi connectivity index (χ1v) is 14.7. The first kappa shape index (κ1) is 27.2. The lowest BCUT2D eigenvalue weighted by atomic mass is 10.1. The van der Waals surface area contributed by atoms with Crippen molar-refractivity contribution < 1.29 is 13.9 Å². The molecule has 10 nitrogen and oxygen atoms in total. The molecule has 1 atom stereocenters. The molecular weight excluding hydrogens is 544 g/mol. The predicted octanol–water partition coefficient (Wildman–Crippen LogP) is 6.47. The Morgan fingerprint density at radius 3 is 2.53 bits per heavy atom. The lowest BCUT2D eigenvalue weighted by Gasteiger charge is -2.25. The van der Waals surface area contributed by atoms with E-state index in [9.17, 15) is 9.59 Å². The quantitative estimate of drug-likeness (QED) is 0.234. The topological polar surface area (TPSA) is 120 Å². The predicted molar refractivity (Wildman–Crippen MR) is 165 cm³/mol. The monoisotopic (exact) mass is 578 g/mol. The van der Waals surface area contributed by atoms with Crippen molar-refractivity contribution in [1.82, 2.24) is 29.7 Å². The Morgan fingerprint density at radius 1 is 0.977 bits per heavy atom. The SMILES string of the molecule is CN1CCC[C@H]1c1ncc(-c2ccc3oc4cc(-c5cnc(C6=CCCN6C(=O)OC(C)(C)C)[nH]5)ccc4c(=O)c3c2)[nH]1. The second kappa shape index (κ2) is 10.2. The van der Waals surface area contributed by atoms with Crippen LogP contribution < -0.4 is 5.43 Å². The molecule has 3 aromatic heterocycles. The van der Waals surface area contributed by atoms with Crippen LogP contribution in [0.5, 0.6) is 0 Å². The number of benzene rings is 2. The third-order valence-corrected chi connectivity index (χ3v) is 8.14. The molecule has 0 unspecified atom stereocenters. The number of carbonyl (C=O) groups excluding carboxylic acids is 1. The fraction of sp³-hybridized carbons (Fsp3) is 0.333. The zero-order valence-electron chi connectivity index (χ0n) is 24.7. The van der Waals surface area contributed by atoms with Crippen LogP contribution in [0.3, 0.4) is 0 Å². The van der Waals surface area contributed by atoms with Crippen LogP contribution in [0.25, 0.3) is 50.2 Å². The molecule has 1 fully saturated rings. The van der Waals surface area contributed by atoms with E-state index in [1.54, 1.807) is 17.2 Å². The van der Waals surface area contributed by atoms with E-state index in [0.29, 0.717) is 46.0 Å². The van der Waals surface area contributed by atoms with Crippen LogP contribution >= 0.6 is 0 Å². The number of carbonyl (C=O) groups is 1. The van der Waals surface area contributed by atoms with Gasteiger partial charge in [0.25, 0.3) is 0 Å². The molecule has 2 aliphatic rings. The zero-order chi connectivity index (χ0) is 29.9. The van der Waals surface area contributed by atoms with Gasteiger partial charge in [0.2, 0.25) is 5.43 Å². The lowest BCUT2D eigenvalue weighted by Crippen LogP contribution is -2.34. The molecule has 2 N–H and O–H groups in total. The van der Waals surface area contributed by atoms with Crippen LogP contribution in [0.1, 0.15) is 57.7 Å². The highest BCUT2D eigenvalue weighted by Crippen LogP contribution is 2.32. The Balaban J connectivity index is 1.17. The highest BCUT2D eigenvalue weighted by Gasteiger charge is 2.29. The molecule has 0 aliphatic carbocycles. The number of nitrogens with zero attached hydrogens (tertiary/aromatic N) is 4. The normalized spacial score (nSPS) is 17.7. The highest BCUT2D eigenvalue weighted by atomic mass is 16.6. The minimum absolute atomic E-state index is 0.0886. The number of likely N-dealkylation sites (tertiary alicyclic amines) is 1. The maximum Gasteiger partial charge on any atom is 0.414 e. The molecule has 2 aliphatic heterocycles. The number of fused-ring (bicyclic) bond motifs is 2. The largest absolute Gasteiger partial charge is 0.456 e. The van der Waals surface area contributed by atoms with Crippen LogP contribution in [0.15, 0.2) is 64.1 Å². The van der Waals surface area contributed by atoms with Gasteiger partial charge < -0.3 is 19.1 Å². The van der Waals surface area contributed by atoms with Gasteiger partial charge in [-0.3, -0.25) is 14.6 Å². The molecule has 7 rings (SSSR count). The number of aromatic nitrogens is 4. The standard InChI is InChI=1S/C33H34N6O4/c1-33(2,3)43-32(41)39-14-6-8-26(39)31-35-18-24(37-31)20-9-11-21-28(16-20)42-27-12-10-19(15-22(27)29(21)40)23-17-34-30(36-23)25-7-5-13-38(25)4/h8-12,15-18,25H,5-7,13-14H2,1-4H3,(H,34,36)(H,35,37)/t25-/m0/s1. The van der Waals surface area contributed by atoms with Crippen molar-refractivity contribution in [2.24, 2.45) is 0 Å². The maximum absolute atomic E-state index is 13.6. The van der Waals surface area contributed by atoms with Crippen molar-refractivity contribution in [3.05, 3.63) is 76.7 Å². The summed E-state index contributed by atoms with van der Waals surface area (Å²) >= 11 is 0. The van der Waals surface area contributed by atoms with Crippen molar-refractivity contribution in [3.8, 4) is 22.5 Å². The van der Waals surface area contributed by atoms with Gasteiger partial charge in [-0.1, -0.05) is 12.1 Å². The Labute approximate surface area is 248 Å². The minimum atomic E-state index is -0.589. The average molecular weight is 579 g/mol. The molecule has 220 valence electrons. The van der Waals surface area contributed by atoms with Gasteiger partial charge in [0.1, 0.15) is 22.6 Å². The Hall–Kier alpha value is -4.70. The van der Waals surface area contributed by atoms with Crippen LogP contribution in [0.2, 0.25) is 0 Å². The van der Waals surface area contributed by atoms with E-state index in [2.05, 4.69) is 31.9 Å². The molecule has 0 bridgehead atoms. The van der Waals surface area contributed by atoms with Gasteiger partial charge >= 0.3 is 6.09 Å². The number of imidazole rings is 2. The highest BCUT2D eigenvalue weighted by molar-refractivity contribution is 5.93. The van der Waals surface area contributed by atoms with Crippen LogP contribution in [-0.4, -0.2) is 61.6 Å². The van der Waals surface area contributed by atoms with Crippen molar-refractivity contribution >= 4 is 33.7 Å². The number of ether oxygens (including phenoxy) is 1. The summed E-state index contributed by atoms with van der Waals surface area (Å²) in [4.78, 5) is 46.2. The zero-order valence-corrected chi connectivity index (χ0v) is 24.7. The smallest absolute Gasteiger partial charge is 0.414 e. The average Bonchev–Trinajstić information content (AvgIpc) is 3.78. The van der Waals surface area contributed by atoms with E-state index in [1.165, 1.54) is 0 Å². The first-order valence-electron chi connectivity index (χ1n) is 14.7. The van der Waals surface area contributed by atoms with Crippen molar-refractivity contribution in [3.63, 3.8) is 0 Å². The summed E-state index contributed by atoms with van der Waals surface area (Å²) in [5.74, 6) is 1.53.